The van der Waals surface area contributed by atoms with Gasteiger partial charge in [0.1, 0.15) is 5.75 Å². The molecular formula is C16H18ClN3O3. The van der Waals surface area contributed by atoms with E-state index in [9.17, 15) is 4.79 Å². The monoisotopic (exact) mass is 335 g/mol. The highest BCUT2D eigenvalue weighted by Gasteiger charge is 2.36. The Kier molecular flexibility index (Phi) is 4.26. The summed E-state index contributed by atoms with van der Waals surface area (Å²) in [5, 5.41) is 4.52. The molecule has 1 aliphatic heterocycles. The Hall–Kier alpha value is -2.08. The van der Waals surface area contributed by atoms with Crippen molar-refractivity contribution in [2.24, 2.45) is 0 Å². The quantitative estimate of drug-likeness (QED) is 0.856. The van der Waals surface area contributed by atoms with E-state index in [1.165, 1.54) is 0 Å². The van der Waals surface area contributed by atoms with Crippen LogP contribution in [0.25, 0.3) is 0 Å². The molecule has 1 aromatic heterocycles. The van der Waals surface area contributed by atoms with Gasteiger partial charge in [-0.05, 0) is 18.2 Å². The molecule has 0 N–H and O–H groups in total. The van der Waals surface area contributed by atoms with Crippen molar-refractivity contribution in [3.05, 3.63) is 34.9 Å². The molecule has 1 fully saturated rings. The van der Waals surface area contributed by atoms with Crippen LogP contribution in [-0.2, 0) is 4.79 Å². The van der Waals surface area contributed by atoms with E-state index in [1.54, 1.807) is 30.2 Å². The van der Waals surface area contributed by atoms with E-state index >= 15 is 0 Å². The fourth-order valence-electron chi connectivity index (χ4n) is 2.63. The maximum Gasteiger partial charge on any atom is 0.232 e. The summed E-state index contributed by atoms with van der Waals surface area (Å²) >= 11 is 6.06. The minimum Gasteiger partial charge on any atom is -0.495 e. The molecular weight excluding hydrogens is 318 g/mol. The minimum absolute atomic E-state index is 0.0140. The smallest absolute Gasteiger partial charge is 0.232 e. The highest BCUT2D eigenvalue weighted by molar-refractivity contribution is 6.31. The molecule has 0 spiro atoms. The molecule has 7 heteroatoms. The molecule has 1 amide bonds. The molecule has 0 bridgehead atoms. The molecule has 1 atom stereocenters. The van der Waals surface area contributed by atoms with Gasteiger partial charge in [-0.1, -0.05) is 30.6 Å². The van der Waals surface area contributed by atoms with Crippen molar-refractivity contribution in [2.75, 3.05) is 18.6 Å². The van der Waals surface area contributed by atoms with Gasteiger partial charge in [0.15, 0.2) is 5.82 Å². The summed E-state index contributed by atoms with van der Waals surface area (Å²) in [5.74, 6) is 1.83. The number of anilines is 1. The average molecular weight is 336 g/mol. The van der Waals surface area contributed by atoms with Crippen molar-refractivity contribution in [3.63, 3.8) is 0 Å². The first kappa shape index (κ1) is 15.8. The van der Waals surface area contributed by atoms with Crippen LogP contribution in [0.15, 0.2) is 22.7 Å². The fraction of sp³-hybridized carbons (Fsp3) is 0.438. The van der Waals surface area contributed by atoms with Crippen LogP contribution in [0.5, 0.6) is 5.75 Å². The largest absolute Gasteiger partial charge is 0.495 e. The molecule has 1 saturated heterocycles. The lowest BCUT2D eigenvalue weighted by atomic mass is 10.1. The molecule has 23 heavy (non-hydrogen) atoms. The zero-order valence-corrected chi connectivity index (χ0v) is 14.0. The molecule has 2 aromatic rings. The Morgan fingerprint density at radius 1 is 1.43 bits per heavy atom. The number of nitrogens with zero attached hydrogens (tertiary/aromatic N) is 3. The van der Waals surface area contributed by atoms with Crippen molar-refractivity contribution in [1.82, 2.24) is 10.1 Å². The molecule has 3 rings (SSSR count). The molecule has 1 aliphatic rings. The summed E-state index contributed by atoms with van der Waals surface area (Å²) in [6, 6.07) is 5.21. The SMILES string of the molecule is COc1ccc(Cl)cc1N1CC(c2nc(C(C)C)no2)CC1=O. The highest BCUT2D eigenvalue weighted by Crippen LogP contribution is 2.37. The minimum atomic E-state index is -0.119. The lowest BCUT2D eigenvalue weighted by Gasteiger charge is -2.19. The van der Waals surface area contributed by atoms with Crippen LogP contribution in [0.2, 0.25) is 5.02 Å². The number of ether oxygens (including phenoxy) is 1. The van der Waals surface area contributed by atoms with E-state index in [4.69, 9.17) is 20.9 Å². The zero-order chi connectivity index (χ0) is 16.6. The molecule has 0 saturated carbocycles. The summed E-state index contributed by atoms with van der Waals surface area (Å²) in [6.07, 6.45) is 0.329. The Morgan fingerprint density at radius 2 is 2.22 bits per heavy atom. The molecule has 1 unspecified atom stereocenters. The first-order valence-electron chi connectivity index (χ1n) is 7.47. The maximum absolute atomic E-state index is 12.4. The number of carbonyl (C=O) groups is 1. The number of amides is 1. The van der Waals surface area contributed by atoms with Gasteiger partial charge in [-0.25, -0.2) is 0 Å². The molecule has 1 aromatic carbocycles. The van der Waals surface area contributed by atoms with Crippen LogP contribution in [0.3, 0.4) is 0 Å². The van der Waals surface area contributed by atoms with E-state index in [0.717, 1.165) is 0 Å². The first-order chi connectivity index (χ1) is 11.0. The van der Waals surface area contributed by atoms with E-state index < -0.39 is 0 Å². The number of carbonyl (C=O) groups excluding carboxylic acids is 1. The highest BCUT2D eigenvalue weighted by atomic mass is 35.5. The number of hydrogen-bond donors (Lipinski definition) is 0. The topological polar surface area (TPSA) is 68.5 Å². The summed E-state index contributed by atoms with van der Waals surface area (Å²) in [5.41, 5.74) is 0.663. The number of halogens is 1. The van der Waals surface area contributed by atoms with Crippen molar-refractivity contribution in [3.8, 4) is 5.75 Å². The second-order valence-electron chi connectivity index (χ2n) is 5.87. The normalized spacial score (nSPS) is 18.0. The third-order valence-electron chi connectivity index (χ3n) is 3.88. The Morgan fingerprint density at radius 3 is 2.87 bits per heavy atom. The zero-order valence-electron chi connectivity index (χ0n) is 13.2. The summed E-state index contributed by atoms with van der Waals surface area (Å²) < 4.78 is 10.7. The summed E-state index contributed by atoms with van der Waals surface area (Å²) in [4.78, 5) is 18.5. The summed E-state index contributed by atoms with van der Waals surface area (Å²) in [6.45, 7) is 4.46. The van der Waals surface area contributed by atoms with E-state index in [2.05, 4.69) is 10.1 Å². The lowest BCUT2D eigenvalue weighted by molar-refractivity contribution is -0.117. The number of benzene rings is 1. The predicted molar refractivity (Wildman–Crippen MR) is 86.1 cm³/mol. The third-order valence-corrected chi connectivity index (χ3v) is 4.11. The van der Waals surface area contributed by atoms with Crippen LogP contribution < -0.4 is 9.64 Å². The molecule has 2 heterocycles. The van der Waals surface area contributed by atoms with Crippen LogP contribution >= 0.6 is 11.6 Å². The number of aromatic nitrogens is 2. The van der Waals surface area contributed by atoms with Crippen LogP contribution in [0, 0.1) is 0 Å². The van der Waals surface area contributed by atoms with Gasteiger partial charge in [-0.15, -0.1) is 0 Å². The molecule has 122 valence electrons. The van der Waals surface area contributed by atoms with Gasteiger partial charge in [0, 0.05) is 23.9 Å². The standard InChI is InChI=1S/C16H18ClN3O3/c1-9(2)15-18-16(23-19-15)10-6-14(21)20(8-10)12-7-11(17)4-5-13(12)22-3/h4-5,7,9-10H,6,8H2,1-3H3. The Bertz CT molecular complexity index is 729. The lowest BCUT2D eigenvalue weighted by Crippen LogP contribution is -2.24. The number of methoxy groups -OCH3 is 1. The van der Waals surface area contributed by atoms with Gasteiger partial charge in [0.2, 0.25) is 11.8 Å². The van der Waals surface area contributed by atoms with Crippen molar-refractivity contribution < 1.29 is 14.1 Å². The van der Waals surface area contributed by atoms with Crippen LogP contribution in [0.4, 0.5) is 5.69 Å². The van der Waals surface area contributed by atoms with E-state index in [-0.39, 0.29) is 17.7 Å². The van der Waals surface area contributed by atoms with Gasteiger partial charge < -0.3 is 14.2 Å². The van der Waals surface area contributed by atoms with E-state index in [0.29, 0.717) is 41.1 Å². The van der Waals surface area contributed by atoms with Gasteiger partial charge in [0.05, 0.1) is 18.7 Å². The second-order valence-corrected chi connectivity index (χ2v) is 6.30. The van der Waals surface area contributed by atoms with Crippen molar-refractivity contribution in [2.45, 2.75) is 32.1 Å². The van der Waals surface area contributed by atoms with E-state index in [1.807, 2.05) is 13.8 Å². The van der Waals surface area contributed by atoms with Gasteiger partial charge >= 0.3 is 0 Å². The summed E-state index contributed by atoms with van der Waals surface area (Å²) in [7, 11) is 1.57. The molecule has 0 radical (unpaired) electrons. The second kappa shape index (κ2) is 6.20. The average Bonchev–Trinajstić information content (AvgIpc) is 3.13. The molecule has 0 aliphatic carbocycles. The van der Waals surface area contributed by atoms with Gasteiger partial charge in [-0.2, -0.15) is 4.98 Å². The molecule has 6 nitrogen and oxygen atoms in total. The predicted octanol–water partition coefficient (Wildman–Crippen LogP) is 3.38. The van der Waals surface area contributed by atoms with Crippen LogP contribution in [-0.4, -0.2) is 29.7 Å². The van der Waals surface area contributed by atoms with Crippen molar-refractivity contribution >= 4 is 23.2 Å². The Balaban J connectivity index is 1.86. The third kappa shape index (κ3) is 3.03. The van der Waals surface area contributed by atoms with Crippen molar-refractivity contribution in [1.29, 1.82) is 0 Å². The number of rotatable bonds is 4. The van der Waals surface area contributed by atoms with Crippen LogP contribution in [0.1, 0.15) is 43.8 Å². The first-order valence-corrected chi connectivity index (χ1v) is 7.84. The Labute approximate surface area is 139 Å². The number of hydrogen-bond acceptors (Lipinski definition) is 5. The maximum atomic E-state index is 12.4. The fourth-order valence-corrected chi connectivity index (χ4v) is 2.79. The van der Waals surface area contributed by atoms with Gasteiger partial charge in [-0.3, -0.25) is 4.79 Å². The van der Waals surface area contributed by atoms with Gasteiger partial charge in [0.25, 0.3) is 0 Å².